The first kappa shape index (κ1) is 13.9. The monoisotopic (exact) mass is 294 g/mol. The molecule has 106 valence electrons. The van der Waals surface area contributed by atoms with Gasteiger partial charge in [0.2, 0.25) is 0 Å². The first-order chi connectivity index (χ1) is 10.3. The molecule has 0 radical (unpaired) electrons. The van der Waals surface area contributed by atoms with Crippen LogP contribution in [0.1, 0.15) is 21.6 Å². The van der Waals surface area contributed by atoms with Crippen LogP contribution in [-0.4, -0.2) is 0 Å². The van der Waals surface area contributed by atoms with Gasteiger partial charge in [-0.1, -0.05) is 48.0 Å². The lowest BCUT2D eigenvalue weighted by Gasteiger charge is -2.07. The second-order valence-electron chi connectivity index (χ2n) is 5.17. The highest BCUT2D eigenvalue weighted by Crippen LogP contribution is 2.18. The van der Waals surface area contributed by atoms with E-state index in [2.05, 4.69) is 66.9 Å². The molecular formula is C19H18OS. The summed E-state index contributed by atoms with van der Waals surface area (Å²) in [5.74, 6) is 0.927. The van der Waals surface area contributed by atoms with Crippen molar-refractivity contribution >= 4 is 11.3 Å². The lowest BCUT2D eigenvalue weighted by atomic mass is 10.0. The van der Waals surface area contributed by atoms with Crippen LogP contribution < -0.4 is 4.74 Å². The summed E-state index contributed by atoms with van der Waals surface area (Å²) in [7, 11) is 0. The highest BCUT2D eigenvalue weighted by Gasteiger charge is 1.99. The number of ether oxygens (including phenoxy) is 1. The summed E-state index contributed by atoms with van der Waals surface area (Å²) in [5, 5.41) is 2.07. The van der Waals surface area contributed by atoms with Crippen LogP contribution in [0.5, 0.6) is 5.75 Å². The van der Waals surface area contributed by atoms with Gasteiger partial charge in [-0.15, -0.1) is 11.3 Å². The van der Waals surface area contributed by atoms with Crippen LogP contribution in [0.2, 0.25) is 0 Å². The molecule has 0 spiro atoms. The molecular weight excluding hydrogens is 276 g/mol. The van der Waals surface area contributed by atoms with Crippen molar-refractivity contribution in [3.05, 3.63) is 87.6 Å². The maximum atomic E-state index is 5.78. The molecule has 0 saturated heterocycles. The molecule has 2 aromatic carbocycles. The van der Waals surface area contributed by atoms with Crippen LogP contribution in [-0.2, 0) is 13.0 Å². The molecule has 0 aliphatic rings. The molecule has 3 rings (SSSR count). The highest BCUT2D eigenvalue weighted by atomic mass is 32.1. The third-order valence-corrected chi connectivity index (χ3v) is 4.26. The van der Waals surface area contributed by atoms with E-state index in [4.69, 9.17) is 4.74 Å². The van der Waals surface area contributed by atoms with E-state index in [0.717, 1.165) is 12.2 Å². The number of thiophene rings is 1. The Kier molecular flexibility index (Phi) is 4.37. The van der Waals surface area contributed by atoms with Gasteiger partial charge in [0.1, 0.15) is 12.4 Å². The van der Waals surface area contributed by atoms with Gasteiger partial charge in [-0.2, -0.15) is 0 Å². The summed E-state index contributed by atoms with van der Waals surface area (Å²) in [4.78, 5) is 1.25. The van der Waals surface area contributed by atoms with Crippen LogP contribution >= 0.6 is 11.3 Å². The zero-order valence-corrected chi connectivity index (χ0v) is 12.9. The van der Waals surface area contributed by atoms with E-state index in [1.165, 1.54) is 21.6 Å². The van der Waals surface area contributed by atoms with Gasteiger partial charge < -0.3 is 4.74 Å². The van der Waals surface area contributed by atoms with Crippen LogP contribution in [0.4, 0.5) is 0 Å². The van der Waals surface area contributed by atoms with Gasteiger partial charge in [0, 0.05) is 4.88 Å². The molecule has 3 aromatic rings. The van der Waals surface area contributed by atoms with Crippen molar-refractivity contribution in [1.82, 2.24) is 0 Å². The van der Waals surface area contributed by atoms with Gasteiger partial charge in [-0.05, 0) is 48.1 Å². The Morgan fingerprint density at radius 3 is 2.14 bits per heavy atom. The minimum atomic E-state index is 0.648. The summed E-state index contributed by atoms with van der Waals surface area (Å²) >= 11 is 1.72. The summed E-state index contributed by atoms with van der Waals surface area (Å²) in [6.45, 7) is 2.76. The van der Waals surface area contributed by atoms with Crippen LogP contribution in [0, 0.1) is 6.92 Å². The minimum absolute atomic E-state index is 0.648. The number of aryl methyl sites for hydroxylation is 1. The fourth-order valence-corrected chi connectivity index (χ4v) is 2.81. The Balaban J connectivity index is 1.59. The van der Waals surface area contributed by atoms with Gasteiger partial charge in [0.25, 0.3) is 0 Å². The van der Waals surface area contributed by atoms with Crippen molar-refractivity contribution in [2.24, 2.45) is 0 Å². The summed E-state index contributed by atoms with van der Waals surface area (Å²) in [6, 6.07) is 21.2. The zero-order chi connectivity index (χ0) is 14.5. The average molecular weight is 294 g/mol. The van der Waals surface area contributed by atoms with E-state index in [0.29, 0.717) is 6.61 Å². The maximum Gasteiger partial charge on any atom is 0.122 e. The van der Waals surface area contributed by atoms with E-state index < -0.39 is 0 Å². The van der Waals surface area contributed by atoms with Crippen LogP contribution in [0.25, 0.3) is 0 Å². The molecule has 2 heteroatoms. The third kappa shape index (κ3) is 3.96. The Labute approximate surface area is 129 Å². The summed E-state index contributed by atoms with van der Waals surface area (Å²) in [6.07, 6.45) is 0.964. The van der Waals surface area contributed by atoms with Crippen LogP contribution in [0.3, 0.4) is 0 Å². The van der Waals surface area contributed by atoms with E-state index >= 15 is 0 Å². The Bertz CT molecular complexity index is 667. The fraction of sp³-hybridized carbons (Fsp3) is 0.158. The van der Waals surface area contributed by atoms with Crippen molar-refractivity contribution in [3.8, 4) is 5.75 Å². The van der Waals surface area contributed by atoms with Gasteiger partial charge in [0.05, 0.1) is 0 Å². The molecule has 0 saturated carbocycles. The molecule has 0 aliphatic heterocycles. The average Bonchev–Trinajstić information content (AvgIpc) is 3.02. The molecule has 1 nitrogen and oxygen atoms in total. The summed E-state index contributed by atoms with van der Waals surface area (Å²) < 4.78 is 5.78. The molecule has 1 aromatic heterocycles. The molecule has 0 fully saturated rings. The molecule has 21 heavy (non-hydrogen) atoms. The first-order valence-electron chi connectivity index (χ1n) is 7.09. The largest absolute Gasteiger partial charge is 0.488 e. The topological polar surface area (TPSA) is 9.23 Å². The molecule has 1 heterocycles. The second-order valence-corrected chi connectivity index (χ2v) is 6.21. The Hall–Kier alpha value is -2.06. The van der Waals surface area contributed by atoms with Crippen molar-refractivity contribution in [3.63, 3.8) is 0 Å². The molecule has 0 atom stereocenters. The van der Waals surface area contributed by atoms with Gasteiger partial charge in [-0.3, -0.25) is 0 Å². The fourth-order valence-electron chi connectivity index (χ4n) is 2.19. The van der Waals surface area contributed by atoms with Gasteiger partial charge in [0.15, 0.2) is 0 Å². The molecule has 0 aliphatic carbocycles. The van der Waals surface area contributed by atoms with Crippen molar-refractivity contribution in [2.75, 3.05) is 0 Å². The Morgan fingerprint density at radius 1 is 0.857 bits per heavy atom. The predicted molar refractivity (Wildman–Crippen MR) is 89.1 cm³/mol. The third-order valence-electron chi connectivity index (χ3n) is 3.41. The lowest BCUT2D eigenvalue weighted by molar-refractivity contribution is 0.310. The quantitative estimate of drug-likeness (QED) is 0.626. The standard InChI is InChI=1S/C19H18OS/c1-15-4-6-16(7-5-15)13-17-8-10-18(11-9-17)20-14-19-3-2-12-21-19/h2-12H,13-14H2,1H3. The van der Waals surface area contributed by atoms with E-state index in [-0.39, 0.29) is 0 Å². The van der Waals surface area contributed by atoms with E-state index in [1.54, 1.807) is 11.3 Å². The van der Waals surface area contributed by atoms with E-state index in [9.17, 15) is 0 Å². The van der Waals surface area contributed by atoms with Gasteiger partial charge in [-0.25, -0.2) is 0 Å². The molecule has 0 bridgehead atoms. The minimum Gasteiger partial charge on any atom is -0.488 e. The number of hydrogen-bond donors (Lipinski definition) is 0. The normalized spacial score (nSPS) is 10.5. The van der Waals surface area contributed by atoms with Gasteiger partial charge >= 0.3 is 0 Å². The lowest BCUT2D eigenvalue weighted by Crippen LogP contribution is -1.93. The van der Waals surface area contributed by atoms with Crippen molar-refractivity contribution in [1.29, 1.82) is 0 Å². The van der Waals surface area contributed by atoms with E-state index in [1.807, 2.05) is 6.07 Å². The second kappa shape index (κ2) is 6.59. The number of rotatable bonds is 5. The smallest absolute Gasteiger partial charge is 0.122 e. The Morgan fingerprint density at radius 2 is 1.52 bits per heavy atom. The van der Waals surface area contributed by atoms with Crippen molar-refractivity contribution < 1.29 is 4.74 Å². The highest BCUT2D eigenvalue weighted by molar-refractivity contribution is 7.09. The first-order valence-corrected chi connectivity index (χ1v) is 7.97. The number of benzene rings is 2. The molecule has 0 N–H and O–H groups in total. The zero-order valence-electron chi connectivity index (χ0n) is 12.1. The molecule has 0 unspecified atom stereocenters. The SMILES string of the molecule is Cc1ccc(Cc2ccc(OCc3cccs3)cc2)cc1. The van der Waals surface area contributed by atoms with Crippen molar-refractivity contribution in [2.45, 2.75) is 20.0 Å². The predicted octanol–water partition coefficient (Wildman–Crippen LogP) is 5.23. The van der Waals surface area contributed by atoms with Crippen LogP contribution in [0.15, 0.2) is 66.0 Å². The molecule has 0 amide bonds. The maximum absolute atomic E-state index is 5.78. The number of hydrogen-bond acceptors (Lipinski definition) is 2. The summed E-state index contributed by atoms with van der Waals surface area (Å²) in [5.41, 5.74) is 3.95.